The fourth-order valence-electron chi connectivity index (χ4n) is 1.61. The number of hydrogen-bond donors (Lipinski definition) is 1. The quantitative estimate of drug-likeness (QED) is 0.756. The second-order valence-corrected chi connectivity index (χ2v) is 3.93. The van der Waals surface area contributed by atoms with E-state index < -0.39 is 18.8 Å². The normalized spacial score (nSPS) is 26.7. The van der Waals surface area contributed by atoms with Crippen molar-refractivity contribution in [3.8, 4) is 0 Å². The molecule has 2 unspecified atom stereocenters. The molecule has 0 aromatic heterocycles. The third-order valence-electron chi connectivity index (χ3n) is 2.57. The van der Waals surface area contributed by atoms with Gasteiger partial charge < -0.3 is 5.11 Å². The number of piperidine rings is 1. The van der Waals surface area contributed by atoms with Crippen LogP contribution in [-0.2, 0) is 4.79 Å². The lowest BCUT2D eigenvalue weighted by Crippen LogP contribution is -2.46. The summed E-state index contributed by atoms with van der Waals surface area (Å²) in [5.74, 6) is -0.160. The molecule has 1 aliphatic heterocycles. The molecule has 1 rings (SSSR count). The highest BCUT2D eigenvalue weighted by Crippen LogP contribution is 2.22. The van der Waals surface area contributed by atoms with E-state index in [1.54, 1.807) is 6.92 Å². The molecule has 1 saturated heterocycles. The monoisotopic (exact) mass is 225 g/mol. The third-order valence-corrected chi connectivity index (χ3v) is 2.57. The summed E-state index contributed by atoms with van der Waals surface area (Å²) in [6, 6.07) is 0. The van der Waals surface area contributed by atoms with E-state index in [0.717, 1.165) is 0 Å². The van der Waals surface area contributed by atoms with Crippen LogP contribution in [0.3, 0.4) is 0 Å². The van der Waals surface area contributed by atoms with E-state index in [1.165, 1.54) is 4.90 Å². The first-order chi connectivity index (χ1) is 6.80. The van der Waals surface area contributed by atoms with Gasteiger partial charge in [-0.05, 0) is 0 Å². The van der Waals surface area contributed by atoms with Gasteiger partial charge in [0.25, 0.3) is 0 Å². The van der Waals surface area contributed by atoms with Crippen LogP contribution in [0.2, 0.25) is 0 Å². The lowest BCUT2D eigenvalue weighted by molar-refractivity contribution is -0.208. The minimum absolute atomic E-state index is 0.0766. The molecule has 1 aliphatic rings. The molecule has 0 amide bonds. The summed E-state index contributed by atoms with van der Waals surface area (Å²) in [7, 11) is 0. The fraction of sp³-hybridized carbons (Fsp3) is 0.889. The van der Waals surface area contributed by atoms with Crippen LogP contribution in [0.5, 0.6) is 0 Å². The number of β-amino-alcohol motifs (C(OH)–C–C–N with tert-alkyl or cyclic N) is 1. The lowest BCUT2D eigenvalue weighted by atomic mass is 9.98. The van der Waals surface area contributed by atoms with Crippen LogP contribution >= 0.6 is 0 Å². The molecule has 0 aliphatic carbocycles. The molecule has 0 bridgehead atoms. The molecule has 1 heterocycles. The number of hydrogen-bond acceptors (Lipinski definition) is 3. The van der Waals surface area contributed by atoms with Crippen molar-refractivity contribution in [1.29, 1.82) is 0 Å². The maximum absolute atomic E-state index is 12.0. The summed E-state index contributed by atoms with van der Waals surface area (Å²) in [5.41, 5.74) is 0. The first kappa shape index (κ1) is 12.4. The topological polar surface area (TPSA) is 40.5 Å². The molecule has 15 heavy (non-hydrogen) atoms. The number of ketones is 1. The molecule has 0 aromatic rings. The van der Waals surface area contributed by atoms with Crippen LogP contribution < -0.4 is 0 Å². The molecular weight excluding hydrogens is 211 g/mol. The number of aliphatic hydroxyl groups excluding tert-OH is 1. The molecule has 88 valence electrons. The predicted octanol–water partition coefficient (Wildman–Crippen LogP) is 0.820. The largest absolute Gasteiger partial charge is 0.415 e. The Bertz CT molecular complexity index is 242. The van der Waals surface area contributed by atoms with E-state index in [2.05, 4.69) is 0 Å². The molecule has 6 heteroatoms. The summed E-state index contributed by atoms with van der Waals surface area (Å²) in [5, 5.41) is 8.84. The minimum Gasteiger partial charge on any atom is -0.382 e. The molecule has 0 radical (unpaired) electrons. The number of nitrogens with zero attached hydrogens (tertiary/aromatic N) is 1. The molecule has 2 atom stereocenters. The Morgan fingerprint density at radius 1 is 1.60 bits per heavy atom. The van der Waals surface area contributed by atoms with Crippen molar-refractivity contribution >= 4 is 5.78 Å². The highest BCUT2D eigenvalue weighted by molar-refractivity contribution is 5.81. The van der Waals surface area contributed by atoms with Gasteiger partial charge in [0.2, 0.25) is 0 Å². The number of halogens is 3. The summed E-state index contributed by atoms with van der Waals surface area (Å²) >= 11 is 0. The number of likely N-dealkylation sites (tertiary alicyclic amines) is 1. The number of aliphatic hydroxyl groups is 1. The lowest BCUT2D eigenvalue weighted by Gasteiger charge is -2.31. The molecule has 1 fully saturated rings. The van der Waals surface area contributed by atoms with Crippen molar-refractivity contribution < 1.29 is 23.1 Å². The summed E-state index contributed by atoms with van der Waals surface area (Å²) < 4.78 is 36.1. The van der Waals surface area contributed by atoms with Crippen LogP contribution in [0.1, 0.15) is 13.3 Å². The van der Waals surface area contributed by atoms with E-state index in [0.29, 0.717) is 13.1 Å². The van der Waals surface area contributed by atoms with Crippen LogP contribution in [0, 0.1) is 5.92 Å². The maximum atomic E-state index is 12.0. The summed E-state index contributed by atoms with van der Waals surface area (Å²) in [6.07, 6.45) is -6.63. The smallest absolute Gasteiger partial charge is 0.382 e. The molecule has 0 spiro atoms. The van der Waals surface area contributed by atoms with Crippen molar-refractivity contribution in [3.63, 3.8) is 0 Å². The first-order valence-electron chi connectivity index (χ1n) is 4.80. The SMILES string of the molecule is CC1CN(CC(O)C(F)(F)F)CCC1=O. The van der Waals surface area contributed by atoms with E-state index in [9.17, 15) is 18.0 Å². The average molecular weight is 225 g/mol. The predicted molar refractivity (Wildman–Crippen MR) is 47.3 cm³/mol. The van der Waals surface area contributed by atoms with Gasteiger partial charge in [-0.2, -0.15) is 13.2 Å². The van der Waals surface area contributed by atoms with Crippen LogP contribution in [0.25, 0.3) is 0 Å². The van der Waals surface area contributed by atoms with Crippen LogP contribution in [-0.4, -0.2) is 47.7 Å². The Morgan fingerprint density at radius 2 is 2.20 bits per heavy atom. The second-order valence-electron chi connectivity index (χ2n) is 3.93. The number of rotatable bonds is 2. The van der Waals surface area contributed by atoms with Gasteiger partial charge in [-0.3, -0.25) is 9.69 Å². The van der Waals surface area contributed by atoms with Gasteiger partial charge in [-0.1, -0.05) is 6.92 Å². The van der Waals surface area contributed by atoms with Gasteiger partial charge in [-0.15, -0.1) is 0 Å². The number of Topliss-reactive ketones (excluding diaryl/α,β-unsaturated/α-hetero) is 1. The fourth-order valence-corrected chi connectivity index (χ4v) is 1.61. The van der Waals surface area contributed by atoms with E-state index in [1.807, 2.05) is 0 Å². The standard InChI is InChI=1S/C9H14F3NO2/c1-6-4-13(3-2-7(6)14)5-8(15)9(10,11)12/h6,8,15H,2-5H2,1H3. The van der Waals surface area contributed by atoms with Gasteiger partial charge in [0.1, 0.15) is 5.78 Å². The van der Waals surface area contributed by atoms with Crippen molar-refractivity contribution in [1.82, 2.24) is 4.90 Å². The van der Waals surface area contributed by atoms with Crippen molar-refractivity contribution in [2.45, 2.75) is 25.6 Å². The maximum Gasteiger partial charge on any atom is 0.415 e. The van der Waals surface area contributed by atoms with Gasteiger partial charge in [0.05, 0.1) is 0 Å². The number of alkyl halides is 3. The van der Waals surface area contributed by atoms with Gasteiger partial charge in [0, 0.05) is 32.0 Å². The van der Waals surface area contributed by atoms with Crippen LogP contribution in [0.15, 0.2) is 0 Å². The highest BCUT2D eigenvalue weighted by Gasteiger charge is 2.40. The molecular formula is C9H14F3NO2. The molecule has 1 N–H and O–H groups in total. The number of carbonyl (C=O) groups is 1. The van der Waals surface area contributed by atoms with Gasteiger partial charge in [-0.25, -0.2) is 0 Å². The zero-order chi connectivity index (χ0) is 11.6. The van der Waals surface area contributed by atoms with Gasteiger partial charge >= 0.3 is 6.18 Å². The Hall–Kier alpha value is -0.620. The van der Waals surface area contributed by atoms with Gasteiger partial charge in [0.15, 0.2) is 6.10 Å². The van der Waals surface area contributed by atoms with E-state index >= 15 is 0 Å². The second kappa shape index (κ2) is 4.49. The zero-order valence-corrected chi connectivity index (χ0v) is 8.42. The molecule has 0 saturated carbocycles. The van der Waals surface area contributed by atoms with Crippen molar-refractivity contribution in [2.24, 2.45) is 5.92 Å². The van der Waals surface area contributed by atoms with E-state index in [-0.39, 0.29) is 18.1 Å². The highest BCUT2D eigenvalue weighted by atomic mass is 19.4. The van der Waals surface area contributed by atoms with E-state index in [4.69, 9.17) is 5.11 Å². The Morgan fingerprint density at radius 3 is 2.67 bits per heavy atom. The summed E-state index contributed by atoms with van der Waals surface area (Å²) in [4.78, 5) is 12.6. The van der Waals surface area contributed by atoms with Crippen molar-refractivity contribution in [2.75, 3.05) is 19.6 Å². The van der Waals surface area contributed by atoms with Crippen molar-refractivity contribution in [3.05, 3.63) is 0 Å². The Kier molecular flexibility index (Phi) is 3.72. The minimum atomic E-state index is -4.58. The molecule has 0 aromatic carbocycles. The zero-order valence-electron chi connectivity index (χ0n) is 8.42. The van der Waals surface area contributed by atoms with Crippen LogP contribution in [0.4, 0.5) is 13.2 Å². The third kappa shape index (κ3) is 3.46. The number of carbonyl (C=O) groups excluding carboxylic acids is 1. The Labute approximate surface area is 85.9 Å². The first-order valence-corrected chi connectivity index (χ1v) is 4.80. The molecule has 3 nitrogen and oxygen atoms in total. The average Bonchev–Trinajstić information content (AvgIpc) is 2.10. The summed E-state index contributed by atoms with van der Waals surface area (Å²) in [6.45, 7) is 1.85. The Balaban J connectivity index is 2.43.